The number of benzene rings is 1. The van der Waals surface area contributed by atoms with Gasteiger partial charge in [-0.1, -0.05) is 11.3 Å². The maximum absolute atomic E-state index is 12.0. The van der Waals surface area contributed by atoms with E-state index < -0.39 is 0 Å². The predicted octanol–water partition coefficient (Wildman–Crippen LogP) is 2.11. The zero-order chi connectivity index (χ0) is 16.2. The number of aromatic nitrogens is 1. The largest absolute Gasteiger partial charge is 0.504 e. The Balaban J connectivity index is 1.97. The lowest BCUT2D eigenvalue weighted by molar-refractivity contribution is 0.122. The Morgan fingerprint density at radius 2 is 2.13 bits per heavy atom. The molecule has 0 radical (unpaired) electrons. The van der Waals surface area contributed by atoms with Gasteiger partial charge in [0, 0.05) is 24.0 Å². The monoisotopic (exact) mass is 334 g/mol. The molecule has 0 aliphatic carbocycles. The molecule has 3 rings (SSSR count). The fourth-order valence-electron chi connectivity index (χ4n) is 2.36. The fourth-order valence-corrected chi connectivity index (χ4v) is 3.41. The molecule has 7 heteroatoms. The molecule has 0 saturated carbocycles. The van der Waals surface area contributed by atoms with E-state index in [2.05, 4.69) is 9.88 Å². The van der Waals surface area contributed by atoms with Gasteiger partial charge in [0.1, 0.15) is 0 Å². The molecule has 6 nitrogen and oxygen atoms in total. The maximum Gasteiger partial charge on any atom is 0.273 e. The number of phenols is 1. The molecule has 0 spiro atoms. The van der Waals surface area contributed by atoms with Crippen molar-refractivity contribution in [2.45, 2.75) is 6.92 Å². The number of anilines is 1. The van der Waals surface area contributed by atoms with Crippen LogP contribution < -0.4 is 15.2 Å². The zero-order valence-corrected chi connectivity index (χ0v) is 13.6. The normalized spacial score (nSPS) is 14.7. The molecule has 23 heavy (non-hydrogen) atoms. The minimum Gasteiger partial charge on any atom is -0.504 e. The third kappa shape index (κ3) is 3.62. The first-order valence-electron chi connectivity index (χ1n) is 7.48. The van der Waals surface area contributed by atoms with E-state index in [1.165, 1.54) is 17.4 Å². The van der Waals surface area contributed by atoms with Gasteiger partial charge in [0.15, 0.2) is 16.6 Å². The van der Waals surface area contributed by atoms with Crippen LogP contribution in [0.4, 0.5) is 5.13 Å². The Labute approximate surface area is 137 Å². The van der Waals surface area contributed by atoms with Gasteiger partial charge in [-0.15, -0.1) is 0 Å². The number of aromatic hydroxyl groups is 1. The van der Waals surface area contributed by atoms with Crippen molar-refractivity contribution in [3.05, 3.63) is 34.6 Å². The number of rotatable bonds is 4. The van der Waals surface area contributed by atoms with Crippen LogP contribution in [0.25, 0.3) is 10.4 Å². The van der Waals surface area contributed by atoms with Crippen molar-refractivity contribution in [3.63, 3.8) is 0 Å². The minimum atomic E-state index is -0.272. The molecular formula is C16H18N2O4S. The highest BCUT2D eigenvalue weighted by Crippen LogP contribution is 2.34. The van der Waals surface area contributed by atoms with E-state index in [0.717, 1.165) is 23.5 Å². The molecule has 0 bridgehead atoms. The highest BCUT2D eigenvalue weighted by Gasteiger charge is 2.16. The van der Waals surface area contributed by atoms with Crippen molar-refractivity contribution in [2.75, 3.05) is 37.8 Å². The van der Waals surface area contributed by atoms with E-state index in [0.29, 0.717) is 30.7 Å². The van der Waals surface area contributed by atoms with E-state index in [1.54, 1.807) is 18.2 Å². The van der Waals surface area contributed by atoms with Gasteiger partial charge in [0.05, 0.1) is 19.8 Å². The topological polar surface area (TPSA) is 71.9 Å². The lowest BCUT2D eigenvalue weighted by atomic mass is 10.1. The molecule has 1 aromatic heterocycles. The molecule has 122 valence electrons. The van der Waals surface area contributed by atoms with Crippen LogP contribution in [-0.4, -0.2) is 43.0 Å². The summed E-state index contributed by atoms with van der Waals surface area (Å²) in [6, 6.07) is 6.60. The summed E-state index contributed by atoms with van der Waals surface area (Å²) in [6.07, 6.45) is 0. The van der Waals surface area contributed by atoms with Crippen LogP contribution in [0.15, 0.2) is 29.1 Å². The van der Waals surface area contributed by atoms with E-state index >= 15 is 0 Å². The molecule has 1 aromatic carbocycles. The molecule has 1 saturated heterocycles. The van der Waals surface area contributed by atoms with E-state index in [-0.39, 0.29) is 11.3 Å². The summed E-state index contributed by atoms with van der Waals surface area (Å²) in [4.78, 5) is 18.9. The third-order valence-corrected chi connectivity index (χ3v) is 4.59. The Bertz CT molecular complexity index is 741. The highest BCUT2D eigenvalue weighted by molar-refractivity contribution is 7.18. The van der Waals surface area contributed by atoms with Crippen molar-refractivity contribution in [1.29, 1.82) is 0 Å². The highest BCUT2D eigenvalue weighted by atomic mass is 32.1. The molecule has 2 aromatic rings. The summed E-state index contributed by atoms with van der Waals surface area (Å²) in [6.45, 7) is 5.05. The average Bonchev–Trinajstić information content (AvgIpc) is 2.57. The van der Waals surface area contributed by atoms with Gasteiger partial charge >= 0.3 is 0 Å². The summed E-state index contributed by atoms with van der Waals surface area (Å²) >= 11 is 1.45. The molecule has 2 heterocycles. The lowest BCUT2D eigenvalue weighted by Gasteiger charge is -2.27. The maximum atomic E-state index is 12.0. The summed E-state index contributed by atoms with van der Waals surface area (Å²) in [7, 11) is 0. The second-order valence-corrected chi connectivity index (χ2v) is 6.07. The number of phenolic OH excluding ortho intramolecular Hbond substituents is 1. The van der Waals surface area contributed by atoms with Crippen LogP contribution in [-0.2, 0) is 4.74 Å². The summed E-state index contributed by atoms with van der Waals surface area (Å²) in [5.41, 5.74) is 0.552. The van der Waals surface area contributed by atoms with Gasteiger partial charge in [0.25, 0.3) is 5.56 Å². The van der Waals surface area contributed by atoms with Gasteiger partial charge in [0.2, 0.25) is 0 Å². The van der Waals surface area contributed by atoms with Crippen LogP contribution >= 0.6 is 11.3 Å². The van der Waals surface area contributed by atoms with Crippen LogP contribution in [0, 0.1) is 0 Å². The first-order valence-corrected chi connectivity index (χ1v) is 8.30. The quantitative estimate of drug-likeness (QED) is 0.923. The van der Waals surface area contributed by atoms with Crippen molar-refractivity contribution >= 4 is 16.5 Å². The summed E-state index contributed by atoms with van der Waals surface area (Å²) < 4.78 is 10.7. The number of hydrogen-bond donors (Lipinski definition) is 1. The first kappa shape index (κ1) is 15.8. The van der Waals surface area contributed by atoms with E-state index in [4.69, 9.17) is 9.47 Å². The Morgan fingerprint density at radius 1 is 1.35 bits per heavy atom. The van der Waals surface area contributed by atoms with E-state index in [9.17, 15) is 9.90 Å². The molecular weight excluding hydrogens is 316 g/mol. The van der Waals surface area contributed by atoms with Gasteiger partial charge in [-0.25, -0.2) is 0 Å². The smallest absolute Gasteiger partial charge is 0.273 e. The standard InChI is InChI=1S/C16H18N2O4S/c1-2-22-13-9-11(3-4-12(13)19)14-10-15(20)17-16(23-14)18-5-7-21-8-6-18/h3-4,9-10,19H,2,5-8H2,1H3. The Morgan fingerprint density at radius 3 is 2.87 bits per heavy atom. The molecule has 1 aliphatic heterocycles. The second-order valence-electron chi connectivity index (χ2n) is 5.06. The van der Waals surface area contributed by atoms with Crippen LogP contribution in [0.1, 0.15) is 6.92 Å². The summed E-state index contributed by atoms with van der Waals surface area (Å²) in [5.74, 6) is 0.500. The van der Waals surface area contributed by atoms with Gasteiger partial charge in [-0.2, -0.15) is 4.98 Å². The zero-order valence-electron chi connectivity index (χ0n) is 12.8. The molecule has 0 atom stereocenters. The third-order valence-electron chi connectivity index (χ3n) is 3.49. The van der Waals surface area contributed by atoms with E-state index in [1.807, 2.05) is 6.92 Å². The van der Waals surface area contributed by atoms with Crippen LogP contribution in [0.5, 0.6) is 11.5 Å². The van der Waals surface area contributed by atoms with Gasteiger partial charge in [-0.3, -0.25) is 4.79 Å². The Hall–Kier alpha value is -2.12. The molecule has 1 N–H and O–H groups in total. The average molecular weight is 334 g/mol. The lowest BCUT2D eigenvalue weighted by Crippen LogP contribution is -2.37. The number of hydrogen-bond acceptors (Lipinski definition) is 7. The van der Waals surface area contributed by atoms with Gasteiger partial charge in [-0.05, 0) is 30.7 Å². The summed E-state index contributed by atoms with van der Waals surface area (Å²) in [5, 5.41) is 10.5. The SMILES string of the molecule is CCOc1cc(-c2cc(=O)nc(N3CCOCC3)s2)ccc1O. The number of morpholine rings is 1. The molecule has 0 amide bonds. The van der Waals surface area contributed by atoms with Crippen molar-refractivity contribution in [2.24, 2.45) is 0 Å². The molecule has 1 fully saturated rings. The van der Waals surface area contributed by atoms with Crippen LogP contribution in [0.3, 0.4) is 0 Å². The first-order chi connectivity index (χ1) is 11.2. The fraction of sp³-hybridized carbons (Fsp3) is 0.375. The van der Waals surface area contributed by atoms with Crippen molar-refractivity contribution in [3.8, 4) is 21.9 Å². The Kier molecular flexibility index (Phi) is 4.78. The van der Waals surface area contributed by atoms with Crippen molar-refractivity contribution in [1.82, 2.24) is 4.98 Å². The number of nitrogens with zero attached hydrogens (tertiary/aromatic N) is 2. The number of ether oxygens (including phenoxy) is 2. The van der Waals surface area contributed by atoms with Gasteiger partial charge < -0.3 is 19.5 Å². The molecule has 0 unspecified atom stereocenters. The predicted molar refractivity (Wildman–Crippen MR) is 89.7 cm³/mol. The van der Waals surface area contributed by atoms with Crippen LogP contribution in [0.2, 0.25) is 0 Å². The second kappa shape index (κ2) is 6.97. The minimum absolute atomic E-state index is 0.0883. The molecule has 1 aliphatic rings. The van der Waals surface area contributed by atoms with Crippen molar-refractivity contribution < 1.29 is 14.6 Å².